The number of nitrogens with zero attached hydrogens (tertiary/aromatic N) is 4. The Bertz CT molecular complexity index is 1200. The summed E-state index contributed by atoms with van der Waals surface area (Å²) in [6, 6.07) is 15.2. The summed E-state index contributed by atoms with van der Waals surface area (Å²) in [6.45, 7) is 2.01. The summed E-state index contributed by atoms with van der Waals surface area (Å²) in [6.07, 6.45) is 5.47. The van der Waals surface area contributed by atoms with Gasteiger partial charge < -0.3 is 15.4 Å². The van der Waals surface area contributed by atoms with E-state index in [0.29, 0.717) is 34.1 Å². The lowest BCUT2D eigenvalue weighted by Gasteiger charge is -2.22. The van der Waals surface area contributed by atoms with Gasteiger partial charge in [-0.2, -0.15) is 0 Å². The third-order valence-electron chi connectivity index (χ3n) is 5.25. The predicted octanol–water partition coefficient (Wildman–Crippen LogP) is 5.08. The standard InChI is InChI=1S/C23H21ClN6O/c24-18-11-16(13-26-23(18)31-17-6-2-1-3-7-17)29-22-21-20(27-14-28-22)9-8-19(30-21)15-5-4-10-25-12-15/h1-3,6-9,11,13-15,25H,4-5,10,12H2,(H,27,28,29)/t15-/m0/s1. The van der Waals surface area contributed by atoms with E-state index in [-0.39, 0.29) is 0 Å². The lowest BCUT2D eigenvalue weighted by atomic mass is 9.95. The highest BCUT2D eigenvalue weighted by Gasteiger charge is 2.18. The van der Waals surface area contributed by atoms with E-state index in [1.165, 1.54) is 6.33 Å². The number of rotatable bonds is 5. The number of nitrogens with one attached hydrogen (secondary N) is 2. The van der Waals surface area contributed by atoms with Crippen molar-refractivity contribution >= 4 is 34.1 Å². The first-order valence-corrected chi connectivity index (χ1v) is 10.6. The molecule has 1 aromatic carbocycles. The van der Waals surface area contributed by atoms with Crippen LogP contribution >= 0.6 is 11.6 Å². The van der Waals surface area contributed by atoms with Gasteiger partial charge in [0.15, 0.2) is 5.82 Å². The maximum Gasteiger partial charge on any atom is 0.238 e. The number of para-hydroxylation sites is 1. The zero-order valence-corrected chi connectivity index (χ0v) is 17.5. The Balaban J connectivity index is 1.41. The fraction of sp³-hybridized carbons (Fsp3) is 0.217. The van der Waals surface area contributed by atoms with Crippen LogP contribution in [-0.4, -0.2) is 33.0 Å². The maximum absolute atomic E-state index is 6.41. The minimum atomic E-state index is 0.344. The zero-order chi connectivity index (χ0) is 21.0. The molecule has 3 aromatic heterocycles. The van der Waals surface area contributed by atoms with Crippen molar-refractivity contribution in [1.82, 2.24) is 25.3 Å². The highest BCUT2D eigenvalue weighted by atomic mass is 35.5. The van der Waals surface area contributed by atoms with Gasteiger partial charge in [0, 0.05) is 18.2 Å². The van der Waals surface area contributed by atoms with E-state index in [2.05, 4.69) is 31.7 Å². The number of piperidine rings is 1. The number of hydrogen-bond donors (Lipinski definition) is 2. The Labute approximate surface area is 184 Å². The fourth-order valence-corrected chi connectivity index (χ4v) is 3.89. The molecule has 0 spiro atoms. The fourth-order valence-electron chi connectivity index (χ4n) is 3.68. The summed E-state index contributed by atoms with van der Waals surface area (Å²) in [4.78, 5) is 18.0. The molecule has 5 rings (SSSR count). The minimum absolute atomic E-state index is 0.344. The van der Waals surface area contributed by atoms with E-state index in [0.717, 1.165) is 42.7 Å². The third-order valence-corrected chi connectivity index (χ3v) is 5.52. The highest BCUT2D eigenvalue weighted by molar-refractivity contribution is 6.32. The Kier molecular flexibility index (Phi) is 5.60. The van der Waals surface area contributed by atoms with Crippen LogP contribution in [0.2, 0.25) is 5.02 Å². The lowest BCUT2D eigenvalue weighted by molar-refractivity contribution is 0.455. The molecule has 0 unspecified atom stereocenters. The number of anilines is 2. The van der Waals surface area contributed by atoms with Crippen LogP contribution < -0.4 is 15.4 Å². The van der Waals surface area contributed by atoms with E-state index < -0.39 is 0 Å². The second kappa shape index (κ2) is 8.83. The molecule has 4 aromatic rings. The van der Waals surface area contributed by atoms with E-state index in [9.17, 15) is 0 Å². The van der Waals surface area contributed by atoms with Gasteiger partial charge in [0.05, 0.1) is 17.4 Å². The van der Waals surface area contributed by atoms with Gasteiger partial charge in [-0.1, -0.05) is 29.8 Å². The van der Waals surface area contributed by atoms with Gasteiger partial charge in [-0.3, -0.25) is 0 Å². The Morgan fingerprint density at radius 3 is 2.77 bits per heavy atom. The van der Waals surface area contributed by atoms with Gasteiger partial charge in [-0.15, -0.1) is 0 Å². The zero-order valence-electron chi connectivity index (χ0n) is 16.8. The maximum atomic E-state index is 6.41. The highest BCUT2D eigenvalue weighted by Crippen LogP contribution is 2.31. The molecule has 0 amide bonds. The van der Waals surface area contributed by atoms with Gasteiger partial charge in [0.2, 0.25) is 5.88 Å². The van der Waals surface area contributed by atoms with Gasteiger partial charge in [-0.05, 0) is 49.7 Å². The van der Waals surface area contributed by atoms with Crippen molar-refractivity contribution in [3.05, 3.63) is 71.8 Å². The summed E-state index contributed by atoms with van der Waals surface area (Å²) < 4.78 is 5.75. The average molecular weight is 433 g/mol. The van der Waals surface area contributed by atoms with Crippen LogP contribution in [0, 0.1) is 0 Å². The molecule has 1 fully saturated rings. The topological polar surface area (TPSA) is 84.9 Å². The number of hydrogen-bond acceptors (Lipinski definition) is 7. The first-order chi connectivity index (χ1) is 15.3. The monoisotopic (exact) mass is 432 g/mol. The van der Waals surface area contributed by atoms with Crippen molar-refractivity contribution in [2.45, 2.75) is 18.8 Å². The number of halogens is 1. The molecule has 0 aliphatic carbocycles. The van der Waals surface area contributed by atoms with Crippen LogP contribution in [0.15, 0.2) is 61.1 Å². The molecule has 2 N–H and O–H groups in total. The van der Waals surface area contributed by atoms with Crippen molar-refractivity contribution < 1.29 is 4.74 Å². The molecule has 0 saturated carbocycles. The molecule has 0 radical (unpaired) electrons. The van der Waals surface area contributed by atoms with Crippen molar-refractivity contribution in [2.75, 3.05) is 18.4 Å². The predicted molar refractivity (Wildman–Crippen MR) is 121 cm³/mol. The van der Waals surface area contributed by atoms with Crippen LogP contribution in [0.3, 0.4) is 0 Å². The summed E-state index contributed by atoms with van der Waals surface area (Å²) in [5, 5.41) is 7.12. The van der Waals surface area contributed by atoms with Crippen molar-refractivity contribution in [2.24, 2.45) is 0 Å². The SMILES string of the molecule is Clc1cc(Nc2ncnc3ccc([C@H]4CCCNC4)nc23)cnc1Oc1ccccc1. The molecule has 1 aliphatic heterocycles. The second-order valence-corrected chi connectivity index (χ2v) is 7.83. The summed E-state index contributed by atoms with van der Waals surface area (Å²) in [5.41, 5.74) is 3.26. The Morgan fingerprint density at radius 1 is 1.06 bits per heavy atom. The molecule has 7 nitrogen and oxygen atoms in total. The number of ether oxygens (including phenoxy) is 1. The van der Waals surface area contributed by atoms with Crippen molar-refractivity contribution in [1.29, 1.82) is 0 Å². The van der Waals surface area contributed by atoms with Crippen LogP contribution in [-0.2, 0) is 0 Å². The number of aromatic nitrogens is 4. The number of fused-ring (bicyclic) bond motifs is 1. The number of pyridine rings is 2. The molecule has 4 heterocycles. The molecule has 1 aliphatic rings. The van der Waals surface area contributed by atoms with E-state index in [4.69, 9.17) is 21.3 Å². The lowest BCUT2D eigenvalue weighted by Crippen LogP contribution is -2.28. The molecule has 1 saturated heterocycles. The molecule has 1 atom stereocenters. The molecular formula is C23H21ClN6O. The normalized spacial score (nSPS) is 16.2. The van der Waals surface area contributed by atoms with Crippen LogP contribution in [0.1, 0.15) is 24.5 Å². The first-order valence-electron chi connectivity index (χ1n) is 10.2. The minimum Gasteiger partial charge on any atom is -0.438 e. The molecular weight excluding hydrogens is 412 g/mol. The third kappa shape index (κ3) is 4.42. The largest absolute Gasteiger partial charge is 0.438 e. The first kappa shape index (κ1) is 19.7. The summed E-state index contributed by atoms with van der Waals surface area (Å²) >= 11 is 6.41. The summed E-state index contributed by atoms with van der Waals surface area (Å²) in [5.74, 6) is 2.03. The molecule has 156 valence electrons. The molecule has 31 heavy (non-hydrogen) atoms. The molecule has 0 bridgehead atoms. The number of benzene rings is 1. The second-order valence-electron chi connectivity index (χ2n) is 7.42. The summed E-state index contributed by atoms with van der Waals surface area (Å²) in [7, 11) is 0. The van der Waals surface area contributed by atoms with Crippen molar-refractivity contribution in [3.8, 4) is 11.6 Å². The van der Waals surface area contributed by atoms with Gasteiger partial charge in [0.25, 0.3) is 0 Å². The smallest absolute Gasteiger partial charge is 0.238 e. The van der Waals surface area contributed by atoms with Gasteiger partial charge >= 0.3 is 0 Å². The van der Waals surface area contributed by atoms with E-state index >= 15 is 0 Å². The average Bonchev–Trinajstić information content (AvgIpc) is 2.82. The van der Waals surface area contributed by atoms with Gasteiger partial charge in [0.1, 0.15) is 22.6 Å². The van der Waals surface area contributed by atoms with Crippen LogP contribution in [0.25, 0.3) is 11.0 Å². The molecule has 8 heteroatoms. The quantitative estimate of drug-likeness (QED) is 0.455. The van der Waals surface area contributed by atoms with Crippen molar-refractivity contribution in [3.63, 3.8) is 0 Å². The van der Waals surface area contributed by atoms with E-state index in [1.54, 1.807) is 12.3 Å². The Morgan fingerprint density at radius 2 is 1.97 bits per heavy atom. The van der Waals surface area contributed by atoms with E-state index in [1.807, 2.05) is 36.4 Å². The van der Waals surface area contributed by atoms with Crippen LogP contribution in [0.5, 0.6) is 11.6 Å². The van der Waals surface area contributed by atoms with Crippen LogP contribution in [0.4, 0.5) is 11.5 Å². The van der Waals surface area contributed by atoms with Gasteiger partial charge in [-0.25, -0.2) is 19.9 Å². The Hall–Kier alpha value is -3.29.